The van der Waals surface area contributed by atoms with Gasteiger partial charge in [-0.15, -0.1) is 0 Å². The third-order valence-corrected chi connectivity index (χ3v) is 7.72. The van der Waals surface area contributed by atoms with Crippen molar-refractivity contribution in [2.45, 2.75) is 37.6 Å². The van der Waals surface area contributed by atoms with Crippen LogP contribution in [0.1, 0.15) is 35.7 Å². The molecule has 1 fully saturated rings. The van der Waals surface area contributed by atoms with E-state index in [4.69, 9.17) is 23.2 Å². The van der Waals surface area contributed by atoms with Crippen LogP contribution in [0.3, 0.4) is 0 Å². The van der Waals surface area contributed by atoms with Gasteiger partial charge in [-0.1, -0.05) is 41.4 Å². The van der Waals surface area contributed by atoms with Crippen molar-refractivity contribution in [1.82, 2.24) is 10.0 Å². The lowest BCUT2D eigenvalue weighted by Crippen LogP contribution is -2.42. The van der Waals surface area contributed by atoms with E-state index in [0.717, 1.165) is 31.5 Å². The lowest BCUT2D eigenvalue weighted by molar-refractivity contribution is 0.102. The molecule has 3 rings (SSSR count). The fourth-order valence-corrected chi connectivity index (χ4v) is 5.74. The Hall–Kier alpha value is -1.64. The Morgan fingerprint density at radius 2 is 1.80 bits per heavy atom. The summed E-state index contributed by atoms with van der Waals surface area (Å²) in [6, 6.07) is 9.54. The van der Waals surface area contributed by atoms with Gasteiger partial charge in [0.1, 0.15) is 4.90 Å². The highest BCUT2D eigenvalue weighted by Crippen LogP contribution is 2.33. The molecule has 2 aromatic rings. The van der Waals surface area contributed by atoms with Crippen LogP contribution in [0.25, 0.3) is 0 Å². The Labute approximate surface area is 187 Å². The maximum atomic E-state index is 12.9. The summed E-state index contributed by atoms with van der Waals surface area (Å²) >= 11 is 12.6. The standard InChI is InChI=1S/C21H25Cl2N3O3S/c1-13-5-3-4-6-16(13)21(27)25-19-11-18(23)20(12-17(19)22)30(28,29)26-14(2)15-7-9-24-10-8-15/h3-6,11-12,14-15,24,26H,7-10H2,1-2H3,(H,25,27)/t14-/m0/s1. The van der Waals surface area contributed by atoms with Crippen molar-refractivity contribution in [3.05, 3.63) is 57.6 Å². The number of benzene rings is 2. The number of rotatable bonds is 6. The van der Waals surface area contributed by atoms with Gasteiger partial charge in [-0.3, -0.25) is 4.79 Å². The first kappa shape index (κ1) is 23.0. The molecular weight excluding hydrogens is 445 g/mol. The van der Waals surface area contributed by atoms with Gasteiger partial charge < -0.3 is 10.6 Å². The average molecular weight is 470 g/mol. The molecule has 2 aromatic carbocycles. The minimum Gasteiger partial charge on any atom is -0.321 e. The molecule has 1 heterocycles. The highest BCUT2D eigenvalue weighted by atomic mass is 35.5. The Morgan fingerprint density at radius 3 is 2.47 bits per heavy atom. The monoisotopic (exact) mass is 469 g/mol. The van der Waals surface area contributed by atoms with E-state index in [1.807, 2.05) is 26.0 Å². The second kappa shape index (κ2) is 9.66. The normalized spacial score (nSPS) is 16.3. The van der Waals surface area contributed by atoms with Crippen LogP contribution in [0.4, 0.5) is 5.69 Å². The molecule has 0 bridgehead atoms. The number of sulfonamides is 1. The molecular formula is C21H25Cl2N3O3S. The molecule has 6 nitrogen and oxygen atoms in total. The minimum absolute atomic E-state index is 0.00973. The SMILES string of the molecule is Cc1ccccc1C(=O)Nc1cc(Cl)c(S(=O)(=O)N[C@@H](C)C2CCNCC2)cc1Cl. The van der Waals surface area contributed by atoms with Crippen molar-refractivity contribution in [3.63, 3.8) is 0 Å². The summed E-state index contributed by atoms with van der Waals surface area (Å²) in [5.41, 5.74) is 1.56. The molecule has 3 N–H and O–H groups in total. The fraction of sp³-hybridized carbons (Fsp3) is 0.381. The van der Waals surface area contributed by atoms with Crippen LogP contribution in [-0.2, 0) is 10.0 Å². The lowest BCUT2D eigenvalue weighted by atomic mass is 9.92. The van der Waals surface area contributed by atoms with E-state index in [2.05, 4.69) is 15.4 Å². The highest BCUT2D eigenvalue weighted by molar-refractivity contribution is 7.89. The van der Waals surface area contributed by atoms with Gasteiger partial charge in [0.15, 0.2) is 0 Å². The molecule has 1 atom stereocenters. The number of nitrogens with one attached hydrogen (secondary N) is 3. The summed E-state index contributed by atoms with van der Waals surface area (Å²) in [7, 11) is -3.87. The Balaban J connectivity index is 1.79. The molecule has 0 aromatic heterocycles. The van der Waals surface area contributed by atoms with Crippen LogP contribution in [0.15, 0.2) is 41.3 Å². The van der Waals surface area contributed by atoms with Crippen LogP contribution in [0.5, 0.6) is 0 Å². The largest absolute Gasteiger partial charge is 0.321 e. The van der Waals surface area contributed by atoms with Crippen molar-refractivity contribution >= 4 is 44.8 Å². The van der Waals surface area contributed by atoms with Gasteiger partial charge in [-0.25, -0.2) is 13.1 Å². The van der Waals surface area contributed by atoms with E-state index >= 15 is 0 Å². The Morgan fingerprint density at radius 1 is 1.13 bits per heavy atom. The number of carbonyl (C=O) groups is 1. The Kier molecular flexibility index (Phi) is 7.42. The molecule has 0 spiro atoms. The maximum Gasteiger partial charge on any atom is 0.255 e. The average Bonchev–Trinajstić information content (AvgIpc) is 2.71. The number of hydrogen-bond acceptors (Lipinski definition) is 4. The van der Waals surface area contributed by atoms with E-state index in [9.17, 15) is 13.2 Å². The summed E-state index contributed by atoms with van der Waals surface area (Å²) in [4.78, 5) is 12.4. The van der Waals surface area contributed by atoms with Crippen LogP contribution in [0, 0.1) is 12.8 Å². The van der Waals surface area contributed by atoms with Gasteiger partial charge >= 0.3 is 0 Å². The molecule has 0 radical (unpaired) electrons. The first-order valence-electron chi connectivity index (χ1n) is 9.78. The maximum absolute atomic E-state index is 12.9. The summed E-state index contributed by atoms with van der Waals surface area (Å²) < 4.78 is 28.5. The zero-order valence-corrected chi connectivity index (χ0v) is 19.2. The first-order chi connectivity index (χ1) is 14.2. The van der Waals surface area contributed by atoms with Gasteiger partial charge in [-0.2, -0.15) is 0 Å². The molecule has 0 aliphatic carbocycles. The van der Waals surface area contributed by atoms with Gasteiger partial charge in [0, 0.05) is 11.6 Å². The van der Waals surface area contributed by atoms with Crippen molar-refractivity contribution < 1.29 is 13.2 Å². The molecule has 0 unspecified atom stereocenters. The molecule has 1 saturated heterocycles. The third kappa shape index (κ3) is 5.34. The van der Waals surface area contributed by atoms with E-state index in [1.165, 1.54) is 12.1 Å². The zero-order valence-electron chi connectivity index (χ0n) is 16.8. The number of anilines is 1. The third-order valence-electron chi connectivity index (χ3n) is 5.38. The van der Waals surface area contributed by atoms with Crippen molar-refractivity contribution in [1.29, 1.82) is 0 Å². The predicted octanol–water partition coefficient (Wildman–Crippen LogP) is 4.22. The summed E-state index contributed by atoms with van der Waals surface area (Å²) in [6.07, 6.45) is 1.81. The molecule has 30 heavy (non-hydrogen) atoms. The second-order valence-corrected chi connectivity index (χ2v) is 10.0. The number of carbonyl (C=O) groups excluding carboxylic acids is 1. The van der Waals surface area contributed by atoms with Crippen LogP contribution in [0.2, 0.25) is 10.0 Å². The van der Waals surface area contributed by atoms with Crippen molar-refractivity contribution in [2.24, 2.45) is 5.92 Å². The van der Waals surface area contributed by atoms with Crippen molar-refractivity contribution in [2.75, 3.05) is 18.4 Å². The van der Waals surface area contributed by atoms with E-state index < -0.39 is 10.0 Å². The molecule has 1 aliphatic rings. The summed E-state index contributed by atoms with van der Waals surface area (Å²) in [6.45, 7) is 5.44. The van der Waals surface area contributed by atoms with Crippen molar-refractivity contribution in [3.8, 4) is 0 Å². The first-order valence-corrected chi connectivity index (χ1v) is 12.0. The quantitative estimate of drug-likeness (QED) is 0.590. The number of halogens is 2. The second-order valence-electron chi connectivity index (χ2n) is 7.53. The number of amides is 1. The minimum atomic E-state index is -3.87. The Bertz CT molecular complexity index is 1040. The van der Waals surface area contributed by atoms with Gasteiger partial charge in [-0.05, 0) is 69.5 Å². The van der Waals surface area contributed by atoms with E-state index in [0.29, 0.717) is 5.56 Å². The molecule has 1 aliphatic heterocycles. The molecule has 162 valence electrons. The summed E-state index contributed by atoms with van der Waals surface area (Å²) in [5.74, 6) is -0.0951. The van der Waals surface area contributed by atoms with E-state index in [-0.39, 0.29) is 38.5 Å². The number of aryl methyl sites for hydroxylation is 1. The van der Waals surface area contributed by atoms with Gasteiger partial charge in [0.2, 0.25) is 10.0 Å². The smallest absolute Gasteiger partial charge is 0.255 e. The number of hydrogen-bond donors (Lipinski definition) is 3. The van der Waals surface area contributed by atoms with Gasteiger partial charge in [0.25, 0.3) is 5.91 Å². The van der Waals surface area contributed by atoms with Crippen LogP contribution >= 0.6 is 23.2 Å². The topological polar surface area (TPSA) is 87.3 Å². The van der Waals surface area contributed by atoms with Gasteiger partial charge in [0.05, 0.1) is 15.7 Å². The number of piperidine rings is 1. The molecule has 9 heteroatoms. The summed E-state index contributed by atoms with van der Waals surface area (Å²) in [5, 5.41) is 6.05. The predicted molar refractivity (Wildman–Crippen MR) is 121 cm³/mol. The highest BCUT2D eigenvalue weighted by Gasteiger charge is 2.27. The fourth-order valence-electron chi connectivity index (χ4n) is 3.60. The molecule has 0 saturated carbocycles. The zero-order chi connectivity index (χ0) is 21.9. The lowest BCUT2D eigenvalue weighted by Gasteiger charge is -2.28. The van der Waals surface area contributed by atoms with E-state index in [1.54, 1.807) is 12.1 Å². The molecule has 1 amide bonds. The van der Waals surface area contributed by atoms with Crippen LogP contribution < -0.4 is 15.4 Å². The van der Waals surface area contributed by atoms with Crippen LogP contribution in [-0.4, -0.2) is 33.5 Å².